The van der Waals surface area contributed by atoms with Gasteiger partial charge in [-0.15, -0.1) is 0 Å². The number of hydrogen-bond acceptors (Lipinski definition) is 3. The summed E-state index contributed by atoms with van der Waals surface area (Å²) in [7, 11) is 0. The highest BCUT2D eigenvalue weighted by atomic mass is 16.3. The predicted octanol–water partition coefficient (Wildman–Crippen LogP) is 0.132. The summed E-state index contributed by atoms with van der Waals surface area (Å²) in [5.41, 5.74) is -0.458. The minimum absolute atomic E-state index is 0.0131. The number of likely N-dealkylation sites (tertiary alicyclic amines) is 1. The molecule has 0 radical (unpaired) electrons. The molecule has 17 heavy (non-hydrogen) atoms. The smallest absolute Gasteiger partial charge is 0.242 e. The molecule has 1 atom stereocenters. The molecule has 98 valence electrons. The first-order valence-corrected chi connectivity index (χ1v) is 6.07. The van der Waals surface area contributed by atoms with Gasteiger partial charge in [0.25, 0.3) is 0 Å². The zero-order valence-corrected chi connectivity index (χ0v) is 10.8. The summed E-state index contributed by atoms with van der Waals surface area (Å²) in [4.78, 5) is 25.6. The molecule has 0 aromatic heterocycles. The Morgan fingerprint density at radius 2 is 2.06 bits per heavy atom. The highest BCUT2D eigenvalue weighted by molar-refractivity contribution is 5.90. The number of nitrogens with zero attached hydrogens (tertiary/aromatic N) is 1. The number of amides is 2. The van der Waals surface area contributed by atoms with E-state index in [2.05, 4.69) is 5.32 Å². The van der Waals surface area contributed by atoms with Crippen LogP contribution in [0.3, 0.4) is 0 Å². The minimum atomic E-state index is -0.458. The van der Waals surface area contributed by atoms with E-state index in [1.165, 1.54) is 0 Å². The van der Waals surface area contributed by atoms with Crippen molar-refractivity contribution in [1.29, 1.82) is 0 Å². The van der Waals surface area contributed by atoms with Crippen molar-refractivity contribution in [3.63, 3.8) is 0 Å². The Morgan fingerprint density at radius 3 is 2.59 bits per heavy atom. The van der Waals surface area contributed by atoms with E-state index in [1.807, 2.05) is 20.8 Å². The van der Waals surface area contributed by atoms with Crippen molar-refractivity contribution in [3.8, 4) is 0 Å². The van der Waals surface area contributed by atoms with Crippen LogP contribution in [0.4, 0.5) is 0 Å². The van der Waals surface area contributed by atoms with Gasteiger partial charge in [-0.3, -0.25) is 9.59 Å². The Kier molecular flexibility index (Phi) is 4.51. The average Bonchev–Trinajstić information content (AvgIpc) is 2.72. The van der Waals surface area contributed by atoms with Gasteiger partial charge in [-0.2, -0.15) is 0 Å². The zero-order chi connectivity index (χ0) is 13.1. The maximum absolute atomic E-state index is 12.2. The van der Waals surface area contributed by atoms with Crippen molar-refractivity contribution < 1.29 is 14.7 Å². The average molecular weight is 242 g/mol. The first-order chi connectivity index (χ1) is 7.88. The zero-order valence-electron chi connectivity index (χ0n) is 10.8. The van der Waals surface area contributed by atoms with Crippen LogP contribution < -0.4 is 5.32 Å². The van der Waals surface area contributed by atoms with E-state index >= 15 is 0 Å². The Hall–Kier alpha value is -1.10. The summed E-state index contributed by atoms with van der Waals surface area (Å²) in [6.45, 7) is 6.38. The van der Waals surface area contributed by atoms with Gasteiger partial charge in [0.05, 0.1) is 6.61 Å². The molecular formula is C12H22N2O3. The SMILES string of the molecule is CC(C)(C)C(=O)N1CCCC1C(=O)NCCO. The number of aliphatic hydroxyl groups excluding tert-OH is 1. The van der Waals surface area contributed by atoms with Crippen LogP contribution in [0.25, 0.3) is 0 Å². The van der Waals surface area contributed by atoms with Crippen molar-refractivity contribution in [2.24, 2.45) is 5.41 Å². The van der Waals surface area contributed by atoms with Gasteiger partial charge in [-0.25, -0.2) is 0 Å². The third-order valence-electron chi connectivity index (χ3n) is 2.87. The highest BCUT2D eigenvalue weighted by Crippen LogP contribution is 2.25. The quantitative estimate of drug-likeness (QED) is 0.739. The lowest BCUT2D eigenvalue weighted by Gasteiger charge is -2.30. The highest BCUT2D eigenvalue weighted by Gasteiger charge is 2.38. The van der Waals surface area contributed by atoms with E-state index in [1.54, 1.807) is 4.90 Å². The monoisotopic (exact) mass is 242 g/mol. The summed E-state index contributed by atoms with van der Waals surface area (Å²) in [5, 5.41) is 11.3. The van der Waals surface area contributed by atoms with Crippen LogP contribution in [0, 0.1) is 5.41 Å². The first-order valence-electron chi connectivity index (χ1n) is 6.07. The molecule has 1 fully saturated rings. The molecular weight excluding hydrogens is 220 g/mol. The molecule has 1 rings (SSSR count). The van der Waals surface area contributed by atoms with Crippen LogP contribution in [0.1, 0.15) is 33.6 Å². The normalized spacial score (nSPS) is 20.5. The third kappa shape index (κ3) is 3.43. The number of aliphatic hydroxyl groups is 1. The Morgan fingerprint density at radius 1 is 1.41 bits per heavy atom. The summed E-state index contributed by atoms with van der Waals surface area (Å²) in [5.74, 6) is -0.145. The molecule has 0 aromatic carbocycles. The van der Waals surface area contributed by atoms with E-state index < -0.39 is 5.41 Å². The molecule has 0 saturated carbocycles. The van der Waals surface area contributed by atoms with Crippen molar-refractivity contribution in [1.82, 2.24) is 10.2 Å². The Bertz CT molecular complexity index is 297. The second-order valence-electron chi connectivity index (χ2n) is 5.42. The number of hydrogen-bond donors (Lipinski definition) is 2. The molecule has 0 aliphatic carbocycles. The van der Waals surface area contributed by atoms with E-state index in [-0.39, 0.29) is 31.0 Å². The molecule has 2 N–H and O–H groups in total. The first kappa shape index (κ1) is 14.0. The van der Waals surface area contributed by atoms with E-state index in [9.17, 15) is 9.59 Å². The minimum Gasteiger partial charge on any atom is -0.395 e. The molecule has 2 amide bonds. The van der Waals surface area contributed by atoms with Gasteiger partial charge in [-0.1, -0.05) is 20.8 Å². The van der Waals surface area contributed by atoms with Crippen molar-refractivity contribution in [3.05, 3.63) is 0 Å². The molecule has 0 bridgehead atoms. The van der Waals surface area contributed by atoms with Gasteiger partial charge in [0.15, 0.2) is 0 Å². The molecule has 1 saturated heterocycles. The molecule has 1 aliphatic rings. The van der Waals surface area contributed by atoms with Crippen molar-refractivity contribution in [2.45, 2.75) is 39.7 Å². The fraction of sp³-hybridized carbons (Fsp3) is 0.833. The number of carbonyl (C=O) groups excluding carboxylic acids is 2. The Labute approximate surface area is 102 Å². The van der Waals surface area contributed by atoms with Crippen LogP contribution in [-0.4, -0.2) is 47.6 Å². The second-order valence-corrected chi connectivity index (χ2v) is 5.42. The van der Waals surface area contributed by atoms with Gasteiger partial charge >= 0.3 is 0 Å². The van der Waals surface area contributed by atoms with Crippen LogP contribution in [0.5, 0.6) is 0 Å². The third-order valence-corrected chi connectivity index (χ3v) is 2.87. The number of nitrogens with one attached hydrogen (secondary N) is 1. The molecule has 5 heteroatoms. The van der Waals surface area contributed by atoms with Crippen LogP contribution in [-0.2, 0) is 9.59 Å². The fourth-order valence-corrected chi connectivity index (χ4v) is 2.01. The molecule has 1 heterocycles. The van der Waals surface area contributed by atoms with Crippen LogP contribution in [0.15, 0.2) is 0 Å². The van der Waals surface area contributed by atoms with Gasteiger partial charge in [0, 0.05) is 18.5 Å². The van der Waals surface area contributed by atoms with E-state index in [4.69, 9.17) is 5.11 Å². The van der Waals surface area contributed by atoms with E-state index in [0.29, 0.717) is 13.0 Å². The van der Waals surface area contributed by atoms with Gasteiger partial charge in [0.1, 0.15) is 6.04 Å². The molecule has 5 nitrogen and oxygen atoms in total. The summed E-state index contributed by atoms with van der Waals surface area (Å²) in [6, 6.07) is -0.367. The number of carbonyl (C=O) groups is 2. The van der Waals surface area contributed by atoms with E-state index in [0.717, 1.165) is 6.42 Å². The van der Waals surface area contributed by atoms with Crippen LogP contribution in [0.2, 0.25) is 0 Å². The largest absolute Gasteiger partial charge is 0.395 e. The van der Waals surface area contributed by atoms with Gasteiger partial charge in [-0.05, 0) is 12.8 Å². The summed E-state index contributed by atoms with van der Waals surface area (Å²) >= 11 is 0. The lowest BCUT2D eigenvalue weighted by molar-refractivity contribution is -0.144. The fourth-order valence-electron chi connectivity index (χ4n) is 2.01. The maximum atomic E-state index is 12.2. The van der Waals surface area contributed by atoms with Gasteiger partial charge in [0.2, 0.25) is 11.8 Å². The maximum Gasteiger partial charge on any atom is 0.242 e. The lowest BCUT2D eigenvalue weighted by Crippen LogP contribution is -2.49. The predicted molar refractivity (Wildman–Crippen MR) is 64.3 cm³/mol. The topological polar surface area (TPSA) is 69.6 Å². The molecule has 0 spiro atoms. The summed E-state index contributed by atoms with van der Waals surface area (Å²) < 4.78 is 0. The Balaban J connectivity index is 2.66. The molecule has 0 aromatic rings. The molecule has 1 aliphatic heterocycles. The van der Waals surface area contributed by atoms with Crippen LogP contribution >= 0.6 is 0 Å². The number of rotatable bonds is 3. The molecule has 1 unspecified atom stereocenters. The lowest BCUT2D eigenvalue weighted by atomic mass is 9.94. The van der Waals surface area contributed by atoms with Gasteiger partial charge < -0.3 is 15.3 Å². The second kappa shape index (κ2) is 5.49. The van der Waals surface area contributed by atoms with Crippen molar-refractivity contribution >= 4 is 11.8 Å². The summed E-state index contributed by atoms with van der Waals surface area (Å²) in [6.07, 6.45) is 1.57. The van der Waals surface area contributed by atoms with Crippen molar-refractivity contribution in [2.75, 3.05) is 19.7 Å². The standard InChI is InChI=1S/C12H22N2O3/c1-12(2,3)11(17)14-7-4-5-9(14)10(16)13-6-8-15/h9,15H,4-8H2,1-3H3,(H,13,16).